The highest BCUT2D eigenvalue weighted by molar-refractivity contribution is 7.99. The van der Waals surface area contributed by atoms with Crippen LogP contribution in [0.1, 0.15) is 25.0 Å². The van der Waals surface area contributed by atoms with Gasteiger partial charge in [0, 0.05) is 38.3 Å². The van der Waals surface area contributed by atoms with Crippen LogP contribution in [0.25, 0.3) is 0 Å². The Hall–Kier alpha value is -0.680. The fourth-order valence-corrected chi connectivity index (χ4v) is 3.32. The topological polar surface area (TPSA) is 39.1 Å². The van der Waals surface area contributed by atoms with Gasteiger partial charge < -0.3 is 14.6 Å². The van der Waals surface area contributed by atoms with E-state index in [2.05, 4.69) is 21.1 Å². The Morgan fingerprint density at radius 1 is 1.61 bits per heavy atom. The number of rotatable bonds is 6. The van der Waals surface area contributed by atoms with E-state index in [1.807, 2.05) is 18.7 Å². The SMILES string of the molecule is COCCCn1cc(C)nc1NC1CCCSC1. The molecule has 1 aromatic heterocycles. The number of thioether (sulfide) groups is 1. The average Bonchev–Trinajstić information content (AvgIpc) is 2.71. The van der Waals surface area contributed by atoms with Crippen molar-refractivity contribution < 1.29 is 4.74 Å². The molecule has 5 heteroatoms. The number of aromatic nitrogens is 2. The summed E-state index contributed by atoms with van der Waals surface area (Å²) in [6, 6.07) is 0.576. The van der Waals surface area contributed by atoms with Crippen LogP contribution >= 0.6 is 11.8 Å². The number of ether oxygens (including phenoxy) is 1. The normalized spacial score (nSPS) is 20.0. The first-order chi connectivity index (χ1) is 8.79. The minimum absolute atomic E-state index is 0.576. The van der Waals surface area contributed by atoms with Crippen molar-refractivity contribution in [2.45, 2.75) is 38.8 Å². The Balaban J connectivity index is 1.93. The first-order valence-electron chi connectivity index (χ1n) is 6.66. The molecule has 0 spiro atoms. The van der Waals surface area contributed by atoms with Gasteiger partial charge in [-0.25, -0.2) is 4.98 Å². The van der Waals surface area contributed by atoms with Gasteiger partial charge in [-0.3, -0.25) is 0 Å². The maximum absolute atomic E-state index is 5.10. The van der Waals surface area contributed by atoms with Crippen molar-refractivity contribution in [1.82, 2.24) is 9.55 Å². The molecule has 0 radical (unpaired) electrons. The van der Waals surface area contributed by atoms with Gasteiger partial charge in [-0.05, 0) is 31.9 Å². The molecule has 18 heavy (non-hydrogen) atoms. The molecule has 0 aromatic carbocycles. The van der Waals surface area contributed by atoms with E-state index < -0.39 is 0 Å². The van der Waals surface area contributed by atoms with E-state index in [1.165, 1.54) is 24.3 Å². The number of hydrogen-bond donors (Lipinski definition) is 1. The summed E-state index contributed by atoms with van der Waals surface area (Å²) >= 11 is 2.04. The van der Waals surface area contributed by atoms with E-state index in [0.29, 0.717) is 6.04 Å². The van der Waals surface area contributed by atoms with Gasteiger partial charge >= 0.3 is 0 Å². The van der Waals surface area contributed by atoms with E-state index >= 15 is 0 Å². The van der Waals surface area contributed by atoms with Gasteiger partial charge in [-0.15, -0.1) is 0 Å². The molecule has 1 aromatic rings. The number of hydrogen-bond acceptors (Lipinski definition) is 4. The summed E-state index contributed by atoms with van der Waals surface area (Å²) in [5, 5.41) is 3.59. The molecular formula is C13H23N3OS. The van der Waals surface area contributed by atoms with Crippen LogP contribution in [-0.2, 0) is 11.3 Å². The third kappa shape index (κ3) is 3.92. The lowest BCUT2D eigenvalue weighted by atomic mass is 10.2. The third-order valence-corrected chi connectivity index (χ3v) is 4.35. The summed E-state index contributed by atoms with van der Waals surface area (Å²) in [6.07, 6.45) is 5.72. The Morgan fingerprint density at radius 2 is 2.50 bits per heavy atom. The van der Waals surface area contributed by atoms with Gasteiger partial charge in [0.25, 0.3) is 0 Å². The molecule has 1 N–H and O–H groups in total. The molecule has 1 unspecified atom stereocenters. The number of imidazole rings is 1. The van der Waals surface area contributed by atoms with E-state index in [-0.39, 0.29) is 0 Å². The Morgan fingerprint density at radius 3 is 3.22 bits per heavy atom. The predicted molar refractivity (Wildman–Crippen MR) is 77.4 cm³/mol. The second-order valence-electron chi connectivity index (χ2n) is 4.80. The van der Waals surface area contributed by atoms with Crippen LogP contribution < -0.4 is 5.32 Å². The molecule has 1 atom stereocenters. The number of anilines is 1. The van der Waals surface area contributed by atoms with E-state index in [0.717, 1.165) is 31.2 Å². The summed E-state index contributed by atoms with van der Waals surface area (Å²) < 4.78 is 7.32. The molecular weight excluding hydrogens is 246 g/mol. The lowest BCUT2D eigenvalue weighted by Gasteiger charge is -2.23. The lowest BCUT2D eigenvalue weighted by molar-refractivity contribution is 0.190. The second kappa shape index (κ2) is 7.04. The van der Waals surface area contributed by atoms with E-state index in [1.54, 1.807) is 7.11 Å². The zero-order chi connectivity index (χ0) is 12.8. The maximum Gasteiger partial charge on any atom is 0.203 e. The standard InChI is InChI=1S/C13H23N3OS/c1-11-9-16(6-4-7-17-2)13(14-11)15-12-5-3-8-18-10-12/h9,12H,3-8,10H2,1-2H3,(H,14,15). The zero-order valence-electron chi connectivity index (χ0n) is 11.3. The highest BCUT2D eigenvalue weighted by atomic mass is 32.2. The molecule has 0 bridgehead atoms. The predicted octanol–water partition coefficient (Wildman–Crippen LogP) is 2.54. The summed E-state index contributed by atoms with van der Waals surface area (Å²) in [6.45, 7) is 3.82. The molecule has 2 rings (SSSR count). The fourth-order valence-electron chi connectivity index (χ4n) is 2.25. The van der Waals surface area contributed by atoms with Gasteiger partial charge in [0.05, 0.1) is 5.69 Å². The molecule has 2 heterocycles. The van der Waals surface area contributed by atoms with Gasteiger partial charge in [0.1, 0.15) is 0 Å². The van der Waals surface area contributed by atoms with Gasteiger partial charge in [0.2, 0.25) is 5.95 Å². The maximum atomic E-state index is 5.10. The van der Waals surface area contributed by atoms with Gasteiger partial charge in [-0.1, -0.05) is 0 Å². The lowest BCUT2D eigenvalue weighted by Crippen LogP contribution is -2.27. The second-order valence-corrected chi connectivity index (χ2v) is 5.95. The number of methoxy groups -OCH3 is 1. The zero-order valence-corrected chi connectivity index (χ0v) is 12.1. The minimum atomic E-state index is 0.576. The monoisotopic (exact) mass is 269 g/mol. The molecule has 4 nitrogen and oxygen atoms in total. The van der Waals surface area contributed by atoms with E-state index in [4.69, 9.17) is 4.74 Å². The van der Waals surface area contributed by atoms with Crippen LogP contribution in [-0.4, -0.2) is 40.8 Å². The molecule has 0 aliphatic carbocycles. The van der Waals surface area contributed by atoms with Crippen molar-refractivity contribution in [3.63, 3.8) is 0 Å². The average molecular weight is 269 g/mol. The van der Waals surface area contributed by atoms with Crippen molar-refractivity contribution in [3.05, 3.63) is 11.9 Å². The van der Waals surface area contributed by atoms with Crippen molar-refractivity contribution in [2.24, 2.45) is 0 Å². The van der Waals surface area contributed by atoms with Gasteiger partial charge in [-0.2, -0.15) is 11.8 Å². The molecule has 0 amide bonds. The Labute approximate surface area is 114 Å². The summed E-state index contributed by atoms with van der Waals surface area (Å²) in [4.78, 5) is 4.59. The molecule has 1 saturated heterocycles. The summed E-state index contributed by atoms with van der Waals surface area (Å²) in [7, 11) is 1.75. The van der Waals surface area contributed by atoms with Crippen molar-refractivity contribution >= 4 is 17.7 Å². The van der Waals surface area contributed by atoms with Crippen LogP contribution in [0.2, 0.25) is 0 Å². The van der Waals surface area contributed by atoms with Crippen LogP contribution in [0.15, 0.2) is 6.20 Å². The first-order valence-corrected chi connectivity index (χ1v) is 7.82. The first kappa shape index (κ1) is 13.7. The molecule has 0 saturated carbocycles. The van der Waals surface area contributed by atoms with Crippen molar-refractivity contribution in [2.75, 3.05) is 30.5 Å². The van der Waals surface area contributed by atoms with Gasteiger partial charge in [0.15, 0.2) is 0 Å². The molecule has 102 valence electrons. The smallest absolute Gasteiger partial charge is 0.203 e. The largest absolute Gasteiger partial charge is 0.385 e. The van der Waals surface area contributed by atoms with Crippen molar-refractivity contribution in [1.29, 1.82) is 0 Å². The highest BCUT2D eigenvalue weighted by Gasteiger charge is 2.16. The van der Waals surface area contributed by atoms with Crippen LogP contribution in [0.3, 0.4) is 0 Å². The Kier molecular flexibility index (Phi) is 5.38. The number of nitrogens with zero attached hydrogens (tertiary/aromatic N) is 2. The fraction of sp³-hybridized carbons (Fsp3) is 0.769. The summed E-state index contributed by atoms with van der Waals surface area (Å²) in [5.74, 6) is 3.53. The molecule has 1 aliphatic heterocycles. The van der Waals surface area contributed by atoms with Crippen LogP contribution in [0, 0.1) is 6.92 Å². The molecule has 1 fully saturated rings. The number of aryl methyl sites for hydroxylation is 2. The van der Waals surface area contributed by atoms with Crippen LogP contribution in [0.5, 0.6) is 0 Å². The third-order valence-electron chi connectivity index (χ3n) is 3.14. The summed E-state index contributed by atoms with van der Waals surface area (Å²) in [5.41, 5.74) is 1.08. The number of nitrogens with one attached hydrogen (secondary N) is 1. The minimum Gasteiger partial charge on any atom is -0.385 e. The highest BCUT2D eigenvalue weighted by Crippen LogP contribution is 2.20. The quantitative estimate of drug-likeness (QED) is 0.806. The van der Waals surface area contributed by atoms with Crippen molar-refractivity contribution in [3.8, 4) is 0 Å². The van der Waals surface area contributed by atoms with Crippen LogP contribution in [0.4, 0.5) is 5.95 Å². The molecule has 1 aliphatic rings. The van der Waals surface area contributed by atoms with E-state index in [9.17, 15) is 0 Å². The Bertz CT molecular complexity index is 361.